The molecule has 1 N–H and O–H groups in total. The Hall–Kier alpha value is -2.49. The zero-order chi connectivity index (χ0) is 15.4. The molecule has 0 saturated carbocycles. The van der Waals surface area contributed by atoms with Crippen molar-refractivity contribution in [3.63, 3.8) is 0 Å². The van der Waals surface area contributed by atoms with Crippen LogP contribution in [0.2, 0.25) is 0 Å². The van der Waals surface area contributed by atoms with Crippen LogP contribution in [0.4, 0.5) is 5.69 Å². The summed E-state index contributed by atoms with van der Waals surface area (Å²) in [7, 11) is 3.17. The zero-order valence-electron chi connectivity index (χ0n) is 12.7. The Morgan fingerprint density at radius 1 is 0.952 bits per heavy atom. The minimum Gasteiger partial charge on any atom is -0.496 e. The van der Waals surface area contributed by atoms with Gasteiger partial charge >= 0.3 is 0 Å². The summed E-state index contributed by atoms with van der Waals surface area (Å²) in [6.45, 7) is 3.90. The van der Waals surface area contributed by atoms with Crippen molar-refractivity contribution >= 4 is 11.6 Å². The number of anilines is 1. The van der Waals surface area contributed by atoms with Crippen LogP contribution >= 0.6 is 0 Å². The molecule has 0 bridgehead atoms. The number of methoxy groups -OCH3 is 2. The van der Waals surface area contributed by atoms with Crippen LogP contribution in [0.1, 0.15) is 21.5 Å². The number of hydrogen-bond acceptors (Lipinski definition) is 3. The third-order valence-corrected chi connectivity index (χ3v) is 3.27. The van der Waals surface area contributed by atoms with Gasteiger partial charge in [0.15, 0.2) is 0 Å². The normalized spacial score (nSPS) is 10.1. The molecule has 21 heavy (non-hydrogen) atoms. The lowest BCUT2D eigenvalue weighted by atomic mass is 10.1. The van der Waals surface area contributed by atoms with E-state index in [9.17, 15) is 4.79 Å². The third kappa shape index (κ3) is 3.34. The second-order valence-corrected chi connectivity index (χ2v) is 4.84. The van der Waals surface area contributed by atoms with Gasteiger partial charge in [-0.05, 0) is 49.2 Å². The number of benzene rings is 2. The lowest BCUT2D eigenvalue weighted by Crippen LogP contribution is -2.13. The molecule has 0 aliphatic carbocycles. The second kappa shape index (κ2) is 6.31. The number of ether oxygens (including phenoxy) is 2. The highest BCUT2D eigenvalue weighted by atomic mass is 16.5. The largest absolute Gasteiger partial charge is 0.496 e. The Morgan fingerprint density at radius 2 is 1.67 bits per heavy atom. The number of carbonyl (C=O) groups excluding carboxylic acids is 1. The first-order valence-electron chi connectivity index (χ1n) is 6.65. The molecule has 0 aliphatic heterocycles. The predicted octanol–water partition coefficient (Wildman–Crippen LogP) is 3.57. The molecule has 110 valence electrons. The maximum Gasteiger partial charge on any atom is 0.255 e. The molecule has 0 heterocycles. The van der Waals surface area contributed by atoms with Crippen molar-refractivity contribution in [3.8, 4) is 11.5 Å². The van der Waals surface area contributed by atoms with E-state index < -0.39 is 0 Å². The van der Waals surface area contributed by atoms with E-state index in [0.717, 1.165) is 11.1 Å². The average molecular weight is 285 g/mol. The highest BCUT2D eigenvalue weighted by molar-refractivity contribution is 6.05. The van der Waals surface area contributed by atoms with Gasteiger partial charge in [0, 0.05) is 5.56 Å². The van der Waals surface area contributed by atoms with Crippen molar-refractivity contribution in [2.75, 3.05) is 19.5 Å². The summed E-state index contributed by atoms with van der Waals surface area (Å²) in [6, 6.07) is 11.0. The molecular formula is C17H19NO3. The van der Waals surface area contributed by atoms with Crippen molar-refractivity contribution in [1.29, 1.82) is 0 Å². The minimum atomic E-state index is -0.197. The van der Waals surface area contributed by atoms with E-state index in [0.29, 0.717) is 22.7 Å². The first-order chi connectivity index (χ1) is 10.0. The molecule has 0 aliphatic rings. The molecule has 0 aromatic heterocycles. The molecule has 0 spiro atoms. The molecule has 0 unspecified atom stereocenters. The smallest absolute Gasteiger partial charge is 0.255 e. The van der Waals surface area contributed by atoms with Crippen molar-refractivity contribution < 1.29 is 14.3 Å². The molecule has 2 aromatic rings. The molecule has 1 amide bonds. The van der Waals surface area contributed by atoms with Crippen LogP contribution in [0, 0.1) is 13.8 Å². The molecule has 2 rings (SSSR count). The van der Waals surface area contributed by atoms with Gasteiger partial charge in [0.1, 0.15) is 11.5 Å². The van der Waals surface area contributed by atoms with Crippen LogP contribution in [0.3, 0.4) is 0 Å². The van der Waals surface area contributed by atoms with Crippen molar-refractivity contribution in [2.24, 2.45) is 0 Å². The summed E-state index contributed by atoms with van der Waals surface area (Å²) < 4.78 is 10.5. The lowest BCUT2D eigenvalue weighted by molar-refractivity contribution is 0.102. The fourth-order valence-electron chi connectivity index (χ4n) is 2.08. The van der Waals surface area contributed by atoms with Gasteiger partial charge in [-0.3, -0.25) is 4.79 Å². The van der Waals surface area contributed by atoms with Gasteiger partial charge in [-0.25, -0.2) is 0 Å². The average Bonchev–Trinajstić information content (AvgIpc) is 2.48. The van der Waals surface area contributed by atoms with Gasteiger partial charge in [-0.2, -0.15) is 0 Å². The van der Waals surface area contributed by atoms with Gasteiger partial charge in [-0.15, -0.1) is 0 Å². The van der Waals surface area contributed by atoms with E-state index in [1.807, 2.05) is 38.1 Å². The van der Waals surface area contributed by atoms with Gasteiger partial charge in [-0.1, -0.05) is 12.1 Å². The number of hydrogen-bond donors (Lipinski definition) is 1. The topological polar surface area (TPSA) is 47.6 Å². The Bertz CT molecular complexity index is 665. The highest BCUT2D eigenvalue weighted by Gasteiger charge is 2.11. The molecule has 4 heteroatoms. The maximum atomic E-state index is 12.4. The van der Waals surface area contributed by atoms with E-state index in [-0.39, 0.29) is 5.91 Å². The fourth-order valence-corrected chi connectivity index (χ4v) is 2.08. The SMILES string of the molecule is COc1cc(C(=O)Nc2cc(C)ccc2OC)ccc1C. The summed E-state index contributed by atoms with van der Waals surface area (Å²) >= 11 is 0. The second-order valence-electron chi connectivity index (χ2n) is 4.84. The summed E-state index contributed by atoms with van der Waals surface area (Å²) in [4.78, 5) is 12.4. The number of carbonyl (C=O) groups is 1. The third-order valence-electron chi connectivity index (χ3n) is 3.27. The maximum absolute atomic E-state index is 12.4. The van der Waals surface area contributed by atoms with Gasteiger partial charge < -0.3 is 14.8 Å². The number of amides is 1. The summed E-state index contributed by atoms with van der Waals surface area (Å²) in [5.74, 6) is 1.13. The van der Waals surface area contributed by atoms with Crippen molar-refractivity contribution in [2.45, 2.75) is 13.8 Å². The molecule has 2 aromatic carbocycles. The van der Waals surface area contributed by atoms with Crippen LogP contribution in [0.25, 0.3) is 0 Å². The number of rotatable bonds is 4. The van der Waals surface area contributed by atoms with E-state index in [2.05, 4.69) is 5.32 Å². The summed E-state index contributed by atoms with van der Waals surface area (Å²) in [6.07, 6.45) is 0. The molecular weight excluding hydrogens is 266 g/mol. The number of nitrogens with one attached hydrogen (secondary N) is 1. The van der Waals surface area contributed by atoms with Gasteiger partial charge in [0.25, 0.3) is 5.91 Å². The minimum absolute atomic E-state index is 0.197. The molecule has 0 fully saturated rings. The fraction of sp³-hybridized carbons (Fsp3) is 0.235. The summed E-state index contributed by atoms with van der Waals surface area (Å²) in [5.41, 5.74) is 3.23. The standard InChI is InChI=1S/C17H19NO3/c1-11-5-8-15(20-3)14(9-11)18-17(19)13-7-6-12(2)16(10-13)21-4/h5-10H,1-4H3,(H,18,19). The molecule has 4 nitrogen and oxygen atoms in total. The van der Waals surface area contributed by atoms with E-state index in [1.165, 1.54) is 0 Å². The van der Waals surface area contributed by atoms with Gasteiger partial charge in [0.05, 0.1) is 19.9 Å². The van der Waals surface area contributed by atoms with Crippen LogP contribution in [0.5, 0.6) is 11.5 Å². The van der Waals surface area contributed by atoms with Gasteiger partial charge in [0.2, 0.25) is 0 Å². The zero-order valence-corrected chi connectivity index (χ0v) is 12.7. The van der Waals surface area contributed by atoms with Crippen LogP contribution in [0.15, 0.2) is 36.4 Å². The predicted molar refractivity (Wildman–Crippen MR) is 83.4 cm³/mol. The molecule has 0 atom stereocenters. The van der Waals surface area contributed by atoms with Crippen LogP contribution in [-0.4, -0.2) is 20.1 Å². The Labute approximate surface area is 124 Å². The van der Waals surface area contributed by atoms with E-state index in [4.69, 9.17) is 9.47 Å². The van der Waals surface area contributed by atoms with E-state index in [1.54, 1.807) is 26.4 Å². The van der Waals surface area contributed by atoms with Crippen LogP contribution < -0.4 is 14.8 Å². The Balaban J connectivity index is 2.28. The van der Waals surface area contributed by atoms with E-state index >= 15 is 0 Å². The molecule has 0 saturated heterocycles. The van der Waals surface area contributed by atoms with Crippen molar-refractivity contribution in [3.05, 3.63) is 53.1 Å². The monoisotopic (exact) mass is 285 g/mol. The Kier molecular flexibility index (Phi) is 4.48. The summed E-state index contributed by atoms with van der Waals surface area (Å²) in [5, 5.41) is 2.87. The number of aryl methyl sites for hydroxylation is 2. The van der Waals surface area contributed by atoms with Crippen molar-refractivity contribution in [1.82, 2.24) is 0 Å². The first-order valence-corrected chi connectivity index (χ1v) is 6.65. The Morgan fingerprint density at radius 3 is 2.33 bits per heavy atom. The quantitative estimate of drug-likeness (QED) is 0.934. The molecule has 0 radical (unpaired) electrons. The van der Waals surface area contributed by atoms with Crippen LogP contribution in [-0.2, 0) is 0 Å². The lowest BCUT2D eigenvalue weighted by Gasteiger charge is -2.12. The highest BCUT2D eigenvalue weighted by Crippen LogP contribution is 2.26. The first kappa shape index (κ1) is 14.9.